The van der Waals surface area contributed by atoms with Gasteiger partial charge in [-0.2, -0.15) is 0 Å². The third-order valence-corrected chi connectivity index (χ3v) is 4.08. The Bertz CT molecular complexity index is 411. The molecule has 0 unspecified atom stereocenters. The minimum atomic E-state index is 0.390. The Morgan fingerprint density at radius 2 is 2.17 bits per heavy atom. The molecular weight excluding hydrogens is 224 g/mol. The Balaban J connectivity index is 1.65. The van der Waals surface area contributed by atoms with E-state index >= 15 is 0 Å². The molecule has 0 aromatic heterocycles. The van der Waals surface area contributed by atoms with Gasteiger partial charge in [-0.05, 0) is 37.4 Å². The summed E-state index contributed by atoms with van der Waals surface area (Å²) in [6, 6.07) is 6.41. The fraction of sp³-hybridized carbons (Fsp3) is 0.600. The lowest BCUT2D eigenvalue weighted by molar-refractivity contribution is 0.104. The molecule has 0 atom stereocenters. The number of nitrogens with one attached hydrogen (secondary N) is 1. The van der Waals surface area contributed by atoms with Gasteiger partial charge < -0.3 is 15.0 Å². The van der Waals surface area contributed by atoms with Gasteiger partial charge in [0.05, 0.1) is 5.69 Å². The molecule has 2 aliphatic heterocycles. The molecule has 2 heterocycles. The molecule has 1 aromatic rings. The first-order chi connectivity index (χ1) is 8.86. The molecule has 0 spiro atoms. The highest BCUT2D eigenvalue weighted by Crippen LogP contribution is 2.34. The van der Waals surface area contributed by atoms with Crippen molar-refractivity contribution in [1.82, 2.24) is 4.90 Å². The third-order valence-electron chi connectivity index (χ3n) is 4.08. The van der Waals surface area contributed by atoms with E-state index in [0.29, 0.717) is 6.10 Å². The predicted molar refractivity (Wildman–Crippen MR) is 74.4 cm³/mol. The summed E-state index contributed by atoms with van der Waals surface area (Å²) in [5, 5.41) is 3.44. The van der Waals surface area contributed by atoms with Crippen molar-refractivity contribution in [3.63, 3.8) is 0 Å². The van der Waals surface area contributed by atoms with Crippen molar-refractivity contribution < 1.29 is 4.74 Å². The second-order valence-electron chi connectivity index (χ2n) is 5.22. The minimum Gasteiger partial charge on any atom is -0.488 e. The summed E-state index contributed by atoms with van der Waals surface area (Å²) in [6.07, 6.45) is 3.82. The van der Waals surface area contributed by atoms with Crippen molar-refractivity contribution in [2.24, 2.45) is 0 Å². The Hall–Kier alpha value is -1.22. The SMILES string of the molecule is CCN1CCC(Oc2cccc3c2NCC3)CC1. The zero-order valence-electron chi connectivity index (χ0n) is 11.1. The first-order valence-electron chi connectivity index (χ1n) is 7.11. The maximum Gasteiger partial charge on any atom is 0.143 e. The van der Waals surface area contributed by atoms with Gasteiger partial charge in [0.25, 0.3) is 0 Å². The summed E-state index contributed by atoms with van der Waals surface area (Å²) in [6.45, 7) is 6.78. The maximum atomic E-state index is 6.20. The highest BCUT2D eigenvalue weighted by atomic mass is 16.5. The molecule has 0 bridgehead atoms. The van der Waals surface area contributed by atoms with Gasteiger partial charge in [0.1, 0.15) is 11.9 Å². The molecule has 3 nitrogen and oxygen atoms in total. The molecule has 0 saturated carbocycles. The number of fused-ring (bicyclic) bond motifs is 1. The summed E-state index contributed by atoms with van der Waals surface area (Å²) in [7, 11) is 0. The zero-order valence-corrected chi connectivity index (χ0v) is 11.1. The van der Waals surface area contributed by atoms with Crippen LogP contribution in [0, 0.1) is 0 Å². The van der Waals surface area contributed by atoms with E-state index in [0.717, 1.165) is 38.1 Å². The van der Waals surface area contributed by atoms with Gasteiger partial charge in [-0.15, -0.1) is 0 Å². The molecule has 1 fully saturated rings. The molecule has 0 aliphatic carbocycles. The van der Waals surface area contributed by atoms with E-state index in [9.17, 15) is 0 Å². The van der Waals surface area contributed by atoms with Crippen LogP contribution in [0.4, 0.5) is 5.69 Å². The lowest BCUT2D eigenvalue weighted by Crippen LogP contribution is -2.38. The standard InChI is InChI=1S/C15H22N2O/c1-2-17-10-7-13(8-11-17)18-14-5-3-4-12-6-9-16-15(12)14/h3-5,13,16H,2,6-11H2,1H3. The highest BCUT2D eigenvalue weighted by Gasteiger charge is 2.22. The Morgan fingerprint density at radius 3 is 2.94 bits per heavy atom. The summed E-state index contributed by atoms with van der Waals surface area (Å²) in [5.41, 5.74) is 2.63. The number of piperidine rings is 1. The number of para-hydroxylation sites is 1. The molecule has 1 N–H and O–H groups in total. The van der Waals surface area contributed by atoms with Gasteiger partial charge >= 0.3 is 0 Å². The minimum absolute atomic E-state index is 0.390. The number of anilines is 1. The largest absolute Gasteiger partial charge is 0.488 e. The Labute approximate surface area is 109 Å². The van der Waals surface area contributed by atoms with Crippen molar-refractivity contribution in [1.29, 1.82) is 0 Å². The van der Waals surface area contributed by atoms with Crippen LogP contribution in [0.15, 0.2) is 18.2 Å². The van der Waals surface area contributed by atoms with E-state index in [4.69, 9.17) is 4.74 Å². The fourth-order valence-electron chi connectivity index (χ4n) is 2.93. The molecule has 2 aliphatic rings. The Kier molecular flexibility index (Phi) is 3.41. The van der Waals surface area contributed by atoms with Gasteiger partial charge in [-0.3, -0.25) is 0 Å². The van der Waals surface area contributed by atoms with Gasteiger partial charge in [-0.25, -0.2) is 0 Å². The second kappa shape index (κ2) is 5.19. The number of rotatable bonds is 3. The van der Waals surface area contributed by atoms with Gasteiger partial charge in [-0.1, -0.05) is 19.1 Å². The van der Waals surface area contributed by atoms with Crippen LogP contribution in [0.3, 0.4) is 0 Å². The van der Waals surface area contributed by atoms with Crippen molar-refractivity contribution >= 4 is 5.69 Å². The number of ether oxygens (including phenoxy) is 1. The monoisotopic (exact) mass is 246 g/mol. The van der Waals surface area contributed by atoms with E-state index < -0.39 is 0 Å². The average molecular weight is 246 g/mol. The predicted octanol–water partition coefficient (Wildman–Crippen LogP) is 2.52. The number of hydrogen-bond acceptors (Lipinski definition) is 3. The number of benzene rings is 1. The van der Waals surface area contributed by atoms with Crippen LogP contribution in [-0.2, 0) is 6.42 Å². The highest BCUT2D eigenvalue weighted by molar-refractivity contribution is 5.65. The summed E-state index contributed by atoms with van der Waals surface area (Å²) >= 11 is 0. The summed E-state index contributed by atoms with van der Waals surface area (Å²) < 4.78 is 6.20. The van der Waals surface area contributed by atoms with Crippen molar-refractivity contribution in [2.75, 3.05) is 31.5 Å². The summed E-state index contributed by atoms with van der Waals surface area (Å²) in [4.78, 5) is 2.49. The van der Waals surface area contributed by atoms with Gasteiger partial charge in [0.2, 0.25) is 0 Å². The number of likely N-dealkylation sites (tertiary alicyclic amines) is 1. The zero-order chi connectivity index (χ0) is 12.4. The van der Waals surface area contributed by atoms with Crippen LogP contribution in [0.2, 0.25) is 0 Å². The van der Waals surface area contributed by atoms with E-state index in [-0.39, 0.29) is 0 Å². The normalized spacial score (nSPS) is 20.5. The van der Waals surface area contributed by atoms with E-state index in [1.54, 1.807) is 0 Å². The summed E-state index contributed by atoms with van der Waals surface area (Å²) in [5.74, 6) is 1.06. The van der Waals surface area contributed by atoms with Crippen LogP contribution in [-0.4, -0.2) is 37.2 Å². The molecular formula is C15H22N2O. The third kappa shape index (κ3) is 2.32. The number of hydrogen-bond donors (Lipinski definition) is 1. The molecule has 3 heteroatoms. The van der Waals surface area contributed by atoms with Gasteiger partial charge in [0, 0.05) is 19.6 Å². The molecule has 18 heavy (non-hydrogen) atoms. The Morgan fingerprint density at radius 1 is 1.33 bits per heavy atom. The second-order valence-corrected chi connectivity index (χ2v) is 5.22. The van der Waals surface area contributed by atoms with E-state index in [1.165, 1.54) is 24.3 Å². The van der Waals surface area contributed by atoms with Gasteiger partial charge in [0.15, 0.2) is 0 Å². The quantitative estimate of drug-likeness (QED) is 0.887. The topological polar surface area (TPSA) is 24.5 Å². The van der Waals surface area contributed by atoms with E-state index in [1.807, 2.05) is 0 Å². The van der Waals surface area contributed by atoms with Crippen molar-refractivity contribution in [3.05, 3.63) is 23.8 Å². The molecule has 1 aromatic carbocycles. The number of nitrogens with zero attached hydrogens (tertiary/aromatic N) is 1. The van der Waals surface area contributed by atoms with Crippen LogP contribution >= 0.6 is 0 Å². The van der Waals surface area contributed by atoms with Crippen molar-refractivity contribution in [3.8, 4) is 5.75 Å². The molecule has 1 saturated heterocycles. The first-order valence-corrected chi connectivity index (χ1v) is 7.11. The van der Waals surface area contributed by atoms with Crippen molar-refractivity contribution in [2.45, 2.75) is 32.3 Å². The lowest BCUT2D eigenvalue weighted by atomic mass is 10.1. The molecule has 98 valence electrons. The van der Waals surface area contributed by atoms with Crippen LogP contribution in [0.1, 0.15) is 25.3 Å². The van der Waals surface area contributed by atoms with Crippen LogP contribution in [0.5, 0.6) is 5.75 Å². The molecule has 3 rings (SSSR count). The lowest BCUT2D eigenvalue weighted by Gasteiger charge is -2.31. The first kappa shape index (κ1) is 11.8. The average Bonchev–Trinajstić information content (AvgIpc) is 2.89. The molecule has 0 amide bonds. The maximum absolute atomic E-state index is 6.20. The molecule has 0 radical (unpaired) electrons. The smallest absolute Gasteiger partial charge is 0.143 e. The van der Waals surface area contributed by atoms with Crippen LogP contribution in [0.25, 0.3) is 0 Å². The fourth-order valence-corrected chi connectivity index (χ4v) is 2.93. The van der Waals surface area contributed by atoms with Crippen LogP contribution < -0.4 is 10.1 Å². The van der Waals surface area contributed by atoms with E-state index in [2.05, 4.69) is 35.3 Å².